The summed E-state index contributed by atoms with van der Waals surface area (Å²) in [6, 6.07) is 0.447. The Morgan fingerprint density at radius 2 is 2.18 bits per heavy atom. The first-order valence-corrected chi connectivity index (χ1v) is 4.23. The molecule has 0 aromatic heterocycles. The topological polar surface area (TPSA) is 29.1 Å². The molecule has 62 valence electrons. The number of nitrogens with one attached hydrogen (secondary N) is 1. The zero-order valence-electron chi connectivity index (χ0n) is 6.81. The lowest BCUT2D eigenvalue weighted by molar-refractivity contribution is -0.120. The highest BCUT2D eigenvalue weighted by molar-refractivity contribution is 5.77. The Hall–Kier alpha value is -0.790. The Morgan fingerprint density at radius 3 is 2.73 bits per heavy atom. The van der Waals surface area contributed by atoms with Crippen molar-refractivity contribution in [1.29, 1.82) is 0 Å². The summed E-state index contributed by atoms with van der Waals surface area (Å²) in [6.45, 7) is 3.51. The second kappa shape index (κ2) is 4.16. The van der Waals surface area contributed by atoms with Crippen LogP contribution >= 0.6 is 0 Å². The van der Waals surface area contributed by atoms with E-state index in [0.717, 1.165) is 12.8 Å². The number of carbonyl (C=O) groups is 1. The molecular weight excluding hydrogens is 138 g/mol. The fourth-order valence-corrected chi connectivity index (χ4v) is 1.49. The molecule has 1 N–H and O–H groups in total. The van der Waals surface area contributed by atoms with Gasteiger partial charge in [0.15, 0.2) is 0 Å². The molecule has 0 heterocycles. The third kappa shape index (κ3) is 2.74. The predicted octanol–water partition coefficient (Wildman–Crippen LogP) is 1.62. The molecule has 1 aliphatic rings. The summed E-state index contributed by atoms with van der Waals surface area (Å²) >= 11 is 0. The first-order chi connectivity index (χ1) is 5.33. The van der Waals surface area contributed by atoms with E-state index in [4.69, 9.17) is 0 Å². The van der Waals surface area contributed by atoms with Crippen LogP contribution in [0.15, 0.2) is 12.7 Å². The van der Waals surface area contributed by atoms with Gasteiger partial charge in [-0.05, 0) is 12.8 Å². The molecule has 0 aromatic rings. The second-order valence-corrected chi connectivity index (χ2v) is 3.04. The number of carbonyl (C=O) groups excluding carboxylic acids is 1. The monoisotopic (exact) mass is 153 g/mol. The number of rotatable bonds is 3. The van der Waals surface area contributed by atoms with Gasteiger partial charge in [0, 0.05) is 12.5 Å². The highest BCUT2D eigenvalue weighted by Crippen LogP contribution is 2.17. The van der Waals surface area contributed by atoms with Gasteiger partial charge in [-0.2, -0.15) is 0 Å². The molecule has 1 saturated carbocycles. The van der Waals surface area contributed by atoms with Gasteiger partial charge in [0.1, 0.15) is 0 Å². The summed E-state index contributed by atoms with van der Waals surface area (Å²) in [7, 11) is 0. The number of hydrogen-bond acceptors (Lipinski definition) is 1. The Morgan fingerprint density at radius 1 is 1.55 bits per heavy atom. The van der Waals surface area contributed by atoms with Gasteiger partial charge in [-0.25, -0.2) is 0 Å². The molecule has 0 saturated heterocycles. The molecule has 11 heavy (non-hydrogen) atoms. The van der Waals surface area contributed by atoms with Crippen LogP contribution < -0.4 is 5.32 Å². The van der Waals surface area contributed by atoms with Crippen LogP contribution in [0.2, 0.25) is 0 Å². The van der Waals surface area contributed by atoms with Crippen molar-refractivity contribution >= 4 is 5.91 Å². The van der Waals surface area contributed by atoms with Gasteiger partial charge >= 0.3 is 0 Å². The van der Waals surface area contributed by atoms with E-state index in [0.29, 0.717) is 12.5 Å². The third-order valence-electron chi connectivity index (χ3n) is 2.05. The molecule has 1 rings (SSSR count). The van der Waals surface area contributed by atoms with Crippen molar-refractivity contribution in [2.75, 3.05) is 0 Å². The van der Waals surface area contributed by atoms with Crippen LogP contribution in [0.5, 0.6) is 0 Å². The summed E-state index contributed by atoms with van der Waals surface area (Å²) < 4.78 is 0. The Balaban J connectivity index is 2.18. The van der Waals surface area contributed by atoms with Crippen LogP contribution in [0, 0.1) is 0 Å². The van der Waals surface area contributed by atoms with Crippen LogP contribution in [-0.2, 0) is 4.79 Å². The van der Waals surface area contributed by atoms with E-state index in [-0.39, 0.29) is 5.91 Å². The predicted molar refractivity (Wildman–Crippen MR) is 45.2 cm³/mol. The summed E-state index contributed by atoms with van der Waals surface area (Å²) in [6.07, 6.45) is 6.94. The standard InChI is InChI=1S/C9H15NO/c1-2-5-9(11)10-8-6-3-4-7-8/h2,8H,1,3-7H2,(H,10,11). The van der Waals surface area contributed by atoms with E-state index >= 15 is 0 Å². The Labute approximate surface area is 67.7 Å². The summed E-state index contributed by atoms with van der Waals surface area (Å²) in [5.74, 6) is 0.118. The van der Waals surface area contributed by atoms with E-state index in [1.807, 2.05) is 0 Å². The van der Waals surface area contributed by atoms with Crippen molar-refractivity contribution in [1.82, 2.24) is 5.32 Å². The molecule has 1 aliphatic carbocycles. The van der Waals surface area contributed by atoms with Crippen LogP contribution in [0.25, 0.3) is 0 Å². The quantitative estimate of drug-likeness (QED) is 0.613. The van der Waals surface area contributed by atoms with E-state index < -0.39 is 0 Å². The fraction of sp³-hybridized carbons (Fsp3) is 0.667. The minimum Gasteiger partial charge on any atom is -0.353 e. The first-order valence-electron chi connectivity index (χ1n) is 4.23. The van der Waals surface area contributed by atoms with Gasteiger partial charge in [0.25, 0.3) is 0 Å². The molecule has 0 aromatic carbocycles. The van der Waals surface area contributed by atoms with Crippen molar-refractivity contribution in [3.63, 3.8) is 0 Å². The molecule has 2 heteroatoms. The minimum absolute atomic E-state index is 0.118. The van der Waals surface area contributed by atoms with Crippen molar-refractivity contribution in [2.45, 2.75) is 38.1 Å². The molecule has 0 atom stereocenters. The van der Waals surface area contributed by atoms with E-state index in [1.165, 1.54) is 12.8 Å². The zero-order chi connectivity index (χ0) is 8.10. The maximum absolute atomic E-state index is 11.0. The highest BCUT2D eigenvalue weighted by atomic mass is 16.1. The van der Waals surface area contributed by atoms with Crippen molar-refractivity contribution in [2.24, 2.45) is 0 Å². The van der Waals surface area contributed by atoms with Gasteiger partial charge in [-0.3, -0.25) is 4.79 Å². The van der Waals surface area contributed by atoms with Crippen LogP contribution in [0.4, 0.5) is 0 Å². The van der Waals surface area contributed by atoms with Gasteiger partial charge < -0.3 is 5.32 Å². The molecular formula is C9H15NO. The number of amides is 1. The smallest absolute Gasteiger partial charge is 0.224 e. The third-order valence-corrected chi connectivity index (χ3v) is 2.05. The van der Waals surface area contributed by atoms with Crippen molar-refractivity contribution < 1.29 is 4.79 Å². The molecule has 0 radical (unpaired) electrons. The number of hydrogen-bond donors (Lipinski definition) is 1. The lowest BCUT2D eigenvalue weighted by Crippen LogP contribution is -2.31. The van der Waals surface area contributed by atoms with E-state index in [1.54, 1.807) is 6.08 Å². The molecule has 0 spiro atoms. The first kappa shape index (κ1) is 8.31. The molecule has 0 bridgehead atoms. The fourth-order valence-electron chi connectivity index (χ4n) is 1.49. The average molecular weight is 153 g/mol. The maximum Gasteiger partial charge on any atom is 0.224 e. The SMILES string of the molecule is C=CCC(=O)NC1CCCC1. The largest absolute Gasteiger partial charge is 0.353 e. The lowest BCUT2D eigenvalue weighted by Gasteiger charge is -2.09. The Bertz CT molecular complexity index is 148. The normalized spacial score (nSPS) is 18.2. The van der Waals surface area contributed by atoms with Crippen LogP contribution in [0.1, 0.15) is 32.1 Å². The van der Waals surface area contributed by atoms with Crippen LogP contribution in [-0.4, -0.2) is 11.9 Å². The van der Waals surface area contributed by atoms with Crippen molar-refractivity contribution in [3.8, 4) is 0 Å². The van der Waals surface area contributed by atoms with E-state index in [2.05, 4.69) is 11.9 Å². The summed E-state index contributed by atoms with van der Waals surface area (Å²) in [4.78, 5) is 11.0. The lowest BCUT2D eigenvalue weighted by atomic mass is 10.2. The van der Waals surface area contributed by atoms with Gasteiger partial charge in [-0.15, -0.1) is 6.58 Å². The van der Waals surface area contributed by atoms with Gasteiger partial charge in [0.05, 0.1) is 0 Å². The van der Waals surface area contributed by atoms with Crippen LogP contribution in [0.3, 0.4) is 0 Å². The Kier molecular flexibility index (Phi) is 3.14. The minimum atomic E-state index is 0.118. The summed E-state index contributed by atoms with van der Waals surface area (Å²) in [5.41, 5.74) is 0. The van der Waals surface area contributed by atoms with Gasteiger partial charge in [0.2, 0.25) is 5.91 Å². The molecule has 0 aliphatic heterocycles. The van der Waals surface area contributed by atoms with E-state index in [9.17, 15) is 4.79 Å². The second-order valence-electron chi connectivity index (χ2n) is 3.04. The highest BCUT2D eigenvalue weighted by Gasteiger charge is 2.15. The van der Waals surface area contributed by atoms with Gasteiger partial charge in [-0.1, -0.05) is 18.9 Å². The molecule has 1 amide bonds. The van der Waals surface area contributed by atoms with Crippen molar-refractivity contribution in [3.05, 3.63) is 12.7 Å². The maximum atomic E-state index is 11.0. The summed E-state index contributed by atoms with van der Waals surface area (Å²) in [5, 5.41) is 2.97. The molecule has 2 nitrogen and oxygen atoms in total. The average Bonchev–Trinajstić information content (AvgIpc) is 2.40. The molecule has 1 fully saturated rings. The zero-order valence-corrected chi connectivity index (χ0v) is 6.81. The molecule has 0 unspecified atom stereocenters.